The van der Waals surface area contributed by atoms with Crippen molar-refractivity contribution >= 4 is 11.6 Å². The van der Waals surface area contributed by atoms with Crippen LogP contribution in [0.25, 0.3) is 0 Å². The average molecular weight is 356 g/mol. The Morgan fingerprint density at radius 3 is 2.50 bits per heavy atom. The number of hydrogen-bond donors (Lipinski definition) is 2. The number of methoxy groups -OCH3 is 2. The fourth-order valence-corrected chi connectivity index (χ4v) is 2.62. The summed E-state index contributed by atoms with van der Waals surface area (Å²) in [5.41, 5.74) is 8.08. The molecule has 3 N–H and O–H groups in total. The summed E-state index contributed by atoms with van der Waals surface area (Å²) in [6, 6.07) is 16.0. The molecule has 0 aliphatic carbocycles. The molecule has 2 aromatic rings. The minimum atomic E-state index is 0.392. The van der Waals surface area contributed by atoms with Crippen LogP contribution < -0.4 is 20.5 Å². The van der Waals surface area contributed by atoms with Crippen LogP contribution in [0.15, 0.2) is 53.5 Å². The molecule has 0 saturated carbocycles. The van der Waals surface area contributed by atoms with E-state index in [-0.39, 0.29) is 0 Å². The fraction of sp³-hybridized carbons (Fsp3) is 0.350. The van der Waals surface area contributed by atoms with Gasteiger partial charge < -0.3 is 25.4 Å². The van der Waals surface area contributed by atoms with Gasteiger partial charge in [-0.05, 0) is 37.7 Å². The number of nitrogens with one attached hydrogen (secondary N) is 1. The van der Waals surface area contributed by atoms with Crippen LogP contribution in [-0.2, 0) is 6.54 Å². The monoisotopic (exact) mass is 356 g/mol. The number of anilines is 1. The number of ether oxygens (including phenoxy) is 2. The highest BCUT2D eigenvalue weighted by molar-refractivity contribution is 5.92. The normalized spacial score (nSPS) is 11.5. The number of aliphatic imine (C=N–C) groups is 1. The molecule has 6 nitrogen and oxygen atoms in total. The van der Waals surface area contributed by atoms with E-state index in [4.69, 9.17) is 15.2 Å². The molecule has 6 heteroatoms. The number of rotatable bonds is 9. The van der Waals surface area contributed by atoms with Crippen molar-refractivity contribution in [3.63, 3.8) is 0 Å². The molecule has 140 valence electrons. The van der Waals surface area contributed by atoms with Crippen LogP contribution in [0, 0.1) is 0 Å². The lowest BCUT2D eigenvalue weighted by molar-refractivity contribution is 0.324. The predicted molar refractivity (Wildman–Crippen MR) is 107 cm³/mol. The van der Waals surface area contributed by atoms with Crippen LogP contribution in [0.3, 0.4) is 0 Å². The first-order valence-corrected chi connectivity index (χ1v) is 8.64. The van der Waals surface area contributed by atoms with Gasteiger partial charge in [-0.1, -0.05) is 30.3 Å². The lowest BCUT2D eigenvalue weighted by atomic mass is 10.2. The van der Waals surface area contributed by atoms with E-state index in [0.717, 1.165) is 25.2 Å². The SMILES string of the molecule is COc1ccc(NC(N)=NCCCN(C)Cc2ccccc2)cc1OC. The van der Waals surface area contributed by atoms with Crippen molar-refractivity contribution in [1.29, 1.82) is 0 Å². The first-order valence-electron chi connectivity index (χ1n) is 8.64. The third-order valence-corrected chi connectivity index (χ3v) is 3.93. The first kappa shape index (κ1) is 19.6. The number of benzene rings is 2. The molecule has 0 fully saturated rings. The Labute approximate surface area is 155 Å². The number of hydrogen-bond acceptors (Lipinski definition) is 4. The zero-order chi connectivity index (χ0) is 18.8. The number of nitrogens with two attached hydrogens (primary N) is 1. The second-order valence-corrected chi connectivity index (χ2v) is 6.04. The Kier molecular flexibility index (Phi) is 7.76. The molecule has 0 saturated heterocycles. The zero-order valence-corrected chi connectivity index (χ0v) is 15.7. The van der Waals surface area contributed by atoms with E-state index in [1.165, 1.54) is 5.56 Å². The summed E-state index contributed by atoms with van der Waals surface area (Å²) in [6.45, 7) is 2.57. The molecule has 0 amide bonds. The van der Waals surface area contributed by atoms with Gasteiger partial charge in [0.2, 0.25) is 0 Å². The molecule has 26 heavy (non-hydrogen) atoms. The Bertz CT molecular complexity index is 704. The van der Waals surface area contributed by atoms with E-state index in [9.17, 15) is 0 Å². The van der Waals surface area contributed by atoms with Crippen LogP contribution in [-0.4, -0.2) is 45.2 Å². The quantitative estimate of drug-likeness (QED) is 0.411. The van der Waals surface area contributed by atoms with Crippen molar-refractivity contribution in [2.24, 2.45) is 10.7 Å². The molecule has 0 aliphatic heterocycles. The maximum atomic E-state index is 5.96. The summed E-state index contributed by atoms with van der Waals surface area (Å²) in [6.07, 6.45) is 0.942. The lowest BCUT2D eigenvalue weighted by Gasteiger charge is -2.16. The highest BCUT2D eigenvalue weighted by Crippen LogP contribution is 2.29. The van der Waals surface area contributed by atoms with Crippen LogP contribution in [0.5, 0.6) is 11.5 Å². The maximum absolute atomic E-state index is 5.96. The van der Waals surface area contributed by atoms with Gasteiger partial charge >= 0.3 is 0 Å². The minimum Gasteiger partial charge on any atom is -0.493 e. The van der Waals surface area contributed by atoms with Crippen molar-refractivity contribution in [3.05, 3.63) is 54.1 Å². The summed E-state index contributed by atoms with van der Waals surface area (Å²) in [5.74, 6) is 1.71. The average Bonchev–Trinajstić information content (AvgIpc) is 2.66. The largest absolute Gasteiger partial charge is 0.493 e. The summed E-state index contributed by atoms with van der Waals surface area (Å²) in [4.78, 5) is 6.66. The van der Waals surface area contributed by atoms with E-state index < -0.39 is 0 Å². The molecular formula is C20H28N4O2. The van der Waals surface area contributed by atoms with E-state index in [1.807, 2.05) is 24.3 Å². The number of guanidine groups is 1. The standard InChI is InChI=1S/C20H28N4O2/c1-24(15-16-8-5-4-6-9-16)13-7-12-22-20(21)23-17-10-11-18(25-2)19(14-17)26-3/h4-6,8-11,14H,7,12-13,15H2,1-3H3,(H3,21,22,23). The Hall–Kier alpha value is -2.73. The molecule has 0 unspecified atom stereocenters. The van der Waals surface area contributed by atoms with Gasteiger partial charge in [-0.2, -0.15) is 0 Å². The molecule has 0 radical (unpaired) electrons. The molecule has 0 aliphatic rings. The van der Waals surface area contributed by atoms with Gasteiger partial charge in [0.1, 0.15) is 0 Å². The van der Waals surface area contributed by atoms with E-state index in [0.29, 0.717) is 24.0 Å². The van der Waals surface area contributed by atoms with Crippen LogP contribution in [0.2, 0.25) is 0 Å². The second-order valence-electron chi connectivity index (χ2n) is 6.04. The Morgan fingerprint density at radius 1 is 1.08 bits per heavy atom. The summed E-state index contributed by atoms with van der Waals surface area (Å²) in [7, 11) is 5.32. The molecular weight excluding hydrogens is 328 g/mol. The molecule has 0 aromatic heterocycles. The van der Waals surface area contributed by atoms with Crippen molar-refractivity contribution in [3.8, 4) is 11.5 Å². The third-order valence-electron chi connectivity index (χ3n) is 3.93. The molecule has 2 aromatic carbocycles. The van der Waals surface area contributed by atoms with Gasteiger partial charge in [0, 0.05) is 24.8 Å². The minimum absolute atomic E-state index is 0.392. The van der Waals surface area contributed by atoms with Gasteiger partial charge in [-0.15, -0.1) is 0 Å². The van der Waals surface area contributed by atoms with Gasteiger partial charge in [-0.25, -0.2) is 0 Å². The van der Waals surface area contributed by atoms with Gasteiger partial charge in [-0.3, -0.25) is 4.99 Å². The van der Waals surface area contributed by atoms with Crippen LogP contribution in [0.4, 0.5) is 5.69 Å². The lowest BCUT2D eigenvalue weighted by Crippen LogP contribution is -2.24. The Morgan fingerprint density at radius 2 is 1.81 bits per heavy atom. The Balaban J connectivity index is 1.76. The molecule has 0 atom stereocenters. The third kappa shape index (κ3) is 6.29. The molecule has 0 heterocycles. The zero-order valence-electron chi connectivity index (χ0n) is 15.7. The van der Waals surface area contributed by atoms with Crippen molar-refractivity contribution < 1.29 is 9.47 Å². The smallest absolute Gasteiger partial charge is 0.193 e. The van der Waals surface area contributed by atoms with Gasteiger partial charge in [0.25, 0.3) is 0 Å². The fourth-order valence-electron chi connectivity index (χ4n) is 2.62. The molecule has 0 bridgehead atoms. The highest BCUT2D eigenvalue weighted by Gasteiger charge is 2.05. The van der Waals surface area contributed by atoms with E-state index >= 15 is 0 Å². The second kappa shape index (κ2) is 10.3. The molecule has 0 spiro atoms. The van der Waals surface area contributed by atoms with E-state index in [2.05, 4.69) is 46.5 Å². The summed E-state index contributed by atoms with van der Waals surface area (Å²) >= 11 is 0. The summed E-state index contributed by atoms with van der Waals surface area (Å²) < 4.78 is 10.5. The number of nitrogens with zero attached hydrogens (tertiary/aromatic N) is 2. The van der Waals surface area contributed by atoms with Crippen LogP contribution in [0.1, 0.15) is 12.0 Å². The van der Waals surface area contributed by atoms with Crippen molar-refractivity contribution in [2.45, 2.75) is 13.0 Å². The maximum Gasteiger partial charge on any atom is 0.193 e. The van der Waals surface area contributed by atoms with Crippen LogP contribution >= 0.6 is 0 Å². The predicted octanol–water partition coefficient (Wildman–Crippen LogP) is 2.95. The molecule has 2 rings (SSSR count). The highest BCUT2D eigenvalue weighted by atomic mass is 16.5. The van der Waals surface area contributed by atoms with Gasteiger partial charge in [0.15, 0.2) is 17.5 Å². The summed E-state index contributed by atoms with van der Waals surface area (Å²) in [5, 5.41) is 3.07. The van der Waals surface area contributed by atoms with Crippen molar-refractivity contribution in [1.82, 2.24) is 4.90 Å². The first-order chi connectivity index (χ1) is 12.6. The topological polar surface area (TPSA) is 72.1 Å². The van der Waals surface area contributed by atoms with Gasteiger partial charge in [0.05, 0.1) is 14.2 Å². The van der Waals surface area contributed by atoms with Crippen molar-refractivity contribution in [2.75, 3.05) is 39.7 Å². The van der Waals surface area contributed by atoms with E-state index in [1.54, 1.807) is 14.2 Å².